The van der Waals surface area contributed by atoms with E-state index >= 15 is 0 Å². The van der Waals surface area contributed by atoms with E-state index in [-0.39, 0.29) is 11.3 Å². The maximum atomic E-state index is 11.7. The average molecular weight is 260 g/mol. The van der Waals surface area contributed by atoms with Gasteiger partial charge in [0, 0.05) is 25.0 Å². The number of carboxylic acid groups (broad SMARTS) is 1. The van der Waals surface area contributed by atoms with Crippen LogP contribution >= 0.6 is 0 Å². The number of aromatic carboxylic acids is 1. The summed E-state index contributed by atoms with van der Waals surface area (Å²) in [5.74, 6) is -1.57. The molecule has 1 amide bonds. The Labute approximate surface area is 109 Å². The fraction of sp³-hybridized carbons (Fsp3) is 0.154. The van der Waals surface area contributed by atoms with Crippen LogP contribution in [0.15, 0.2) is 41.3 Å². The topological polar surface area (TPSA) is 92.4 Å². The van der Waals surface area contributed by atoms with Crippen molar-refractivity contribution in [1.29, 1.82) is 0 Å². The first-order valence-electron chi connectivity index (χ1n) is 5.66. The van der Waals surface area contributed by atoms with Crippen LogP contribution in [-0.4, -0.2) is 28.5 Å². The number of nitrogens with zero attached hydrogens (tertiary/aromatic N) is 1. The molecule has 0 radical (unpaired) electrons. The monoisotopic (exact) mass is 260 g/mol. The van der Waals surface area contributed by atoms with Crippen LogP contribution < -0.4 is 5.32 Å². The summed E-state index contributed by atoms with van der Waals surface area (Å²) in [6.07, 6.45) is 5.09. The molecular weight excluding hydrogens is 248 g/mol. The Hall–Kier alpha value is -2.63. The number of carbonyl (C=O) groups excluding carboxylic acids is 1. The number of carbonyl (C=O) groups is 2. The van der Waals surface area contributed by atoms with E-state index in [1.165, 1.54) is 6.07 Å². The lowest BCUT2D eigenvalue weighted by atomic mass is 10.2. The molecule has 2 heterocycles. The highest BCUT2D eigenvalue weighted by molar-refractivity contribution is 5.95. The zero-order valence-electron chi connectivity index (χ0n) is 10.00. The van der Waals surface area contributed by atoms with Gasteiger partial charge in [0.05, 0.1) is 5.56 Å². The predicted molar refractivity (Wildman–Crippen MR) is 65.9 cm³/mol. The van der Waals surface area contributed by atoms with E-state index in [0.717, 1.165) is 11.8 Å². The van der Waals surface area contributed by atoms with Crippen LogP contribution in [0.2, 0.25) is 0 Å². The third kappa shape index (κ3) is 3.41. The van der Waals surface area contributed by atoms with Crippen molar-refractivity contribution in [1.82, 2.24) is 10.3 Å². The molecule has 0 saturated carbocycles. The number of rotatable bonds is 5. The Kier molecular flexibility index (Phi) is 3.92. The summed E-state index contributed by atoms with van der Waals surface area (Å²) in [5.41, 5.74) is 0.964. The van der Waals surface area contributed by atoms with Crippen LogP contribution in [0.25, 0.3) is 0 Å². The predicted octanol–water partition coefficient (Wildman–Crippen LogP) is 1.35. The lowest BCUT2D eigenvalue weighted by molar-refractivity contribution is 0.0696. The molecular formula is C13H12N2O4. The molecule has 19 heavy (non-hydrogen) atoms. The van der Waals surface area contributed by atoms with Crippen LogP contribution in [0, 0.1) is 0 Å². The van der Waals surface area contributed by atoms with Gasteiger partial charge in [0.15, 0.2) is 5.76 Å². The third-order valence-electron chi connectivity index (χ3n) is 2.49. The number of amides is 1. The van der Waals surface area contributed by atoms with E-state index in [2.05, 4.69) is 10.3 Å². The summed E-state index contributed by atoms with van der Waals surface area (Å²) in [4.78, 5) is 26.3. The van der Waals surface area contributed by atoms with Gasteiger partial charge in [-0.2, -0.15) is 0 Å². The first-order valence-corrected chi connectivity index (χ1v) is 5.66. The van der Waals surface area contributed by atoms with Gasteiger partial charge in [-0.3, -0.25) is 9.78 Å². The molecule has 6 heteroatoms. The number of pyridine rings is 1. The van der Waals surface area contributed by atoms with Crippen molar-refractivity contribution < 1.29 is 19.1 Å². The number of hydrogen-bond acceptors (Lipinski definition) is 4. The fourth-order valence-corrected chi connectivity index (χ4v) is 1.52. The minimum atomic E-state index is -1.13. The highest BCUT2D eigenvalue weighted by atomic mass is 16.4. The van der Waals surface area contributed by atoms with Crippen molar-refractivity contribution in [3.63, 3.8) is 0 Å². The van der Waals surface area contributed by atoms with Crippen molar-refractivity contribution in [3.05, 3.63) is 53.7 Å². The summed E-state index contributed by atoms with van der Waals surface area (Å²) < 4.78 is 4.89. The van der Waals surface area contributed by atoms with Gasteiger partial charge in [-0.1, -0.05) is 6.07 Å². The molecule has 2 N–H and O–H groups in total. The van der Waals surface area contributed by atoms with Gasteiger partial charge in [-0.25, -0.2) is 4.79 Å². The molecule has 0 aromatic carbocycles. The average Bonchev–Trinajstić information content (AvgIpc) is 2.89. The second-order valence-corrected chi connectivity index (χ2v) is 3.87. The summed E-state index contributed by atoms with van der Waals surface area (Å²) in [7, 11) is 0. The Balaban J connectivity index is 1.85. The van der Waals surface area contributed by atoms with E-state index in [1.807, 2.05) is 12.1 Å². The van der Waals surface area contributed by atoms with E-state index in [1.54, 1.807) is 12.4 Å². The number of carboxylic acids is 1. The number of hydrogen-bond donors (Lipinski definition) is 2. The SMILES string of the molecule is O=C(O)c1coc(C(=O)NCCc2cccnc2)c1. The Bertz CT molecular complexity index is 577. The standard InChI is InChI=1S/C13H12N2O4/c16-12(11-6-10(8-19-11)13(17)18)15-5-3-9-2-1-4-14-7-9/h1-2,4,6-8H,3,5H2,(H,15,16)(H,17,18). The Morgan fingerprint density at radius 3 is 2.89 bits per heavy atom. The van der Waals surface area contributed by atoms with Crippen molar-refractivity contribution in [2.24, 2.45) is 0 Å². The van der Waals surface area contributed by atoms with Gasteiger partial charge < -0.3 is 14.8 Å². The van der Waals surface area contributed by atoms with Crippen molar-refractivity contribution in [3.8, 4) is 0 Å². The van der Waals surface area contributed by atoms with Crippen molar-refractivity contribution >= 4 is 11.9 Å². The fourth-order valence-electron chi connectivity index (χ4n) is 1.52. The Morgan fingerprint density at radius 2 is 2.26 bits per heavy atom. The van der Waals surface area contributed by atoms with E-state index < -0.39 is 11.9 Å². The van der Waals surface area contributed by atoms with E-state index in [0.29, 0.717) is 13.0 Å². The molecule has 0 fully saturated rings. The molecule has 0 aliphatic heterocycles. The molecule has 0 unspecified atom stereocenters. The van der Waals surface area contributed by atoms with E-state index in [9.17, 15) is 9.59 Å². The molecule has 0 spiro atoms. The minimum absolute atomic E-state index is 0.0106. The van der Waals surface area contributed by atoms with Crippen LogP contribution in [0.5, 0.6) is 0 Å². The maximum Gasteiger partial charge on any atom is 0.338 e. The molecule has 98 valence electrons. The first-order chi connectivity index (χ1) is 9.16. The third-order valence-corrected chi connectivity index (χ3v) is 2.49. The first kappa shape index (κ1) is 12.8. The second kappa shape index (κ2) is 5.81. The van der Waals surface area contributed by atoms with Gasteiger partial charge in [-0.15, -0.1) is 0 Å². The highest BCUT2D eigenvalue weighted by Crippen LogP contribution is 2.07. The normalized spacial score (nSPS) is 10.1. The minimum Gasteiger partial charge on any atom is -0.478 e. The maximum absolute atomic E-state index is 11.7. The molecule has 0 atom stereocenters. The molecule has 2 aromatic heterocycles. The van der Waals surface area contributed by atoms with Crippen molar-refractivity contribution in [2.45, 2.75) is 6.42 Å². The number of nitrogens with one attached hydrogen (secondary N) is 1. The molecule has 2 aromatic rings. The molecule has 0 aliphatic rings. The molecule has 0 saturated heterocycles. The number of aromatic nitrogens is 1. The largest absolute Gasteiger partial charge is 0.478 e. The smallest absolute Gasteiger partial charge is 0.338 e. The zero-order valence-corrected chi connectivity index (χ0v) is 10.00. The zero-order chi connectivity index (χ0) is 13.7. The Morgan fingerprint density at radius 1 is 1.42 bits per heavy atom. The number of furan rings is 1. The lowest BCUT2D eigenvalue weighted by Gasteiger charge is -2.02. The van der Waals surface area contributed by atoms with Gasteiger partial charge in [-0.05, 0) is 18.1 Å². The van der Waals surface area contributed by atoms with Gasteiger partial charge >= 0.3 is 5.97 Å². The summed E-state index contributed by atoms with van der Waals surface area (Å²) in [6.45, 7) is 0.424. The van der Waals surface area contributed by atoms with Gasteiger partial charge in [0.1, 0.15) is 6.26 Å². The van der Waals surface area contributed by atoms with Crippen LogP contribution in [-0.2, 0) is 6.42 Å². The summed E-state index contributed by atoms with van der Waals surface area (Å²) in [5, 5.41) is 11.4. The second-order valence-electron chi connectivity index (χ2n) is 3.87. The summed E-state index contributed by atoms with van der Waals surface area (Å²) >= 11 is 0. The van der Waals surface area contributed by atoms with Gasteiger partial charge in [0.2, 0.25) is 0 Å². The highest BCUT2D eigenvalue weighted by Gasteiger charge is 2.13. The van der Waals surface area contributed by atoms with Crippen LogP contribution in [0.1, 0.15) is 26.5 Å². The molecule has 6 nitrogen and oxygen atoms in total. The lowest BCUT2D eigenvalue weighted by Crippen LogP contribution is -2.25. The van der Waals surface area contributed by atoms with Crippen LogP contribution in [0.4, 0.5) is 0 Å². The van der Waals surface area contributed by atoms with Crippen LogP contribution in [0.3, 0.4) is 0 Å². The molecule has 2 rings (SSSR count). The van der Waals surface area contributed by atoms with E-state index in [4.69, 9.17) is 9.52 Å². The van der Waals surface area contributed by atoms with Gasteiger partial charge in [0.25, 0.3) is 5.91 Å². The quantitative estimate of drug-likeness (QED) is 0.846. The van der Waals surface area contributed by atoms with Crippen molar-refractivity contribution in [2.75, 3.05) is 6.54 Å². The molecule has 0 aliphatic carbocycles. The molecule has 0 bridgehead atoms. The summed E-state index contributed by atoms with van der Waals surface area (Å²) in [6, 6.07) is 4.93.